The maximum Gasteiger partial charge on any atom is 0.241 e. The number of ether oxygens (including phenoxy) is 1. The van der Waals surface area contributed by atoms with E-state index in [4.69, 9.17) is 4.74 Å². The first-order valence-electron chi connectivity index (χ1n) is 6.59. The quantitative estimate of drug-likeness (QED) is 0.790. The molecule has 0 bridgehead atoms. The van der Waals surface area contributed by atoms with Crippen LogP contribution < -0.4 is 5.32 Å². The van der Waals surface area contributed by atoms with Gasteiger partial charge in [-0.15, -0.1) is 24.2 Å². The highest BCUT2D eigenvalue weighted by atomic mass is 35.5. The number of hydrogen-bond donors (Lipinski definition) is 1. The molecule has 3 fully saturated rings. The maximum absolute atomic E-state index is 12.4. The molecule has 0 aromatic rings. The van der Waals surface area contributed by atoms with Crippen molar-refractivity contribution in [2.75, 3.05) is 24.8 Å². The van der Waals surface area contributed by atoms with Gasteiger partial charge in [-0.05, 0) is 12.8 Å². The SMILES string of the molecule is Cl.O=C(C1CSCN1)N1CCOC2CCCCC21. The van der Waals surface area contributed by atoms with Crippen molar-refractivity contribution in [1.82, 2.24) is 10.2 Å². The highest BCUT2D eigenvalue weighted by Gasteiger charge is 2.39. The Morgan fingerprint density at radius 2 is 2.17 bits per heavy atom. The van der Waals surface area contributed by atoms with Crippen LogP contribution in [0.3, 0.4) is 0 Å². The normalized spacial score (nSPS) is 35.8. The van der Waals surface area contributed by atoms with Crippen LogP contribution in [0.4, 0.5) is 0 Å². The molecule has 1 saturated carbocycles. The summed E-state index contributed by atoms with van der Waals surface area (Å²) in [7, 11) is 0. The average Bonchev–Trinajstić information content (AvgIpc) is 2.91. The maximum atomic E-state index is 12.4. The van der Waals surface area contributed by atoms with Gasteiger partial charge in [0.25, 0.3) is 0 Å². The Kier molecular flexibility index (Phi) is 5.18. The summed E-state index contributed by atoms with van der Waals surface area (Å²) in [6, 6.07) is 0.387. The predicted molar refractivity (Wildman–Crippen MR) is 75.2 cm³/mol. The van der Waals surface area contributed by atoms with Crippen LogP contribution in [0.2, 0.25) is 0 Å². The summed E-state index contributed by atoms with van der Waals surface area (Å²) in [6.45, 7) is 1.50. The largest absolute Gasteiger partial charge is 0.374 e. The molecule has 3 atom stereocenters. The van der Waals surface area contributed by atoms with Crippen LogP contribution in [-0.2, 0) is 9.53 Å². The molecule has 6 heteroatoms. The van der Waals surface area contributed by atoms with E-state index in [0.29, 0.717) is 24.7 Å². The molecule has 1 amide bonds. The van der Waals surface area contributed by atoms with Crippen molar-refractivity contribution in [3.8, 4) is 0 Å². The number of amides is 1. The van der Waals surface area contributed by atoms with Gasteiger partial charge >= 0.3 is 0 Å². The number of nitrogens with zero attached hydrogens (tertiary/aromatic N) is 1. The third kappa shape index (κ3) is 2.79. The smallest absolute Gasteiger partial charge is 0.241 e. The second-order valence-corrected chi connectivity index (χ2v) is 6.09. The summed E-state index contributed by atoms with van der Waals surface area (Å²) < 4.78 is 5.81. The van der Waals surface area contributed by atoms with Gasteiger partial charge in [0.05, 0.1) is 24.8 Å². The molecule has 18 heavy (non-hydrogen) atoms. The number of carbonyl (C=O) groups is 1. The van der Waals surface area contributed by atoms with E-state index in [1.807, 2.05) is 11.8 Å². The minimum atomic E-state index is 0. The molecule has 3 aliphatic rings. The number of hydrogen-bond acceptors (Lipinski definition) is 4. The van der Waals surface area contributed by atoms with Crippen molar-refractivity contribution >= 4 is 30.1 Å². The van der Waals surface area contributed by atoms with E-state index in [9.17, 15) is 4.79 Å². The molecule has 4 nitrogen and oxygen atoms in total. The first-order chi connectivity index (χ1) is 8.36. The Morgan fingerprint density at radius 1 is 1.33 bits per heavy atom. The van der Waals surface area contributed by atoms with Crippen LogP contribution >= 0.6 is 24.2 Å². The number of fused-ring (bicyclic) bond motifs is 1. The Bertz CT molecular complexity index is 298. The van der Waals surface area contributed by atoms with E-state index in [0.717, 1.165) is 31.0 Å². The lowest BCUT2D eigenvalue weighted by Crippen LogP contribution is -2.58. The zero-order valence-corrected chi connectivity index (χ0v) is 12.1. The fourth-order valence-corrected chi connectivity index (χ4v) is 4.06. The predicted octanol–water partition coefficient (Wildman–Crippen LogP) is 1.24. The zero-order chi connectivity index (χ0) is 11.7. The number of morpholine rings is 1. The van der Waals surface area contributed by atoms with Gasteiger partial charge in [-0.1, -0.05) is 12.8 Å². The number of halogens is 1. The molecule has 1 N–H and O–H groups in total. The van der Waals surface area contributed by atoms with E-state index in [2.05, 4.69) is 10.2 Å². The number of rotatable bonds is 1. The topological polar surface area (TPSA) is 41.6 Å². The molecule has 0 spiro atoms. The second kappa shape index (κ2) is 6.46. The summed E-state index contributed by atoms with van der Waals surface area (Å²) in [5, 5.41) is 3.28. The molecule has 104 valence electrons. The molecule has 0 aromatic heterocycles. The standard InChI is InChI=1S/C12H20N2O2S.ClH/c15-12(9-7-17-8-13-9)14-5-6-16-11-4-2-1-3-10(11)14;/h9-11,13H,1-8H2;1H. The van der Waals surface area contributed by atoms with Crippen molar-refractivity contribution in [2.24, 2.45) is 0 Å². The molecule has 1 aliphatic carbocycles. The van der Waals surface area contributed by atoms with Crippen LogP contribution in [0.15, 0.2) is 0 Å². The first-order valence-corrected chi connectivity index (χ1v) is 7.75. The van der Waals surface area contributed by atoms with Gasteiger partial charge in [0.15, 0.2) is 0 Å². The van der Waals surface area contributed by atoms with E-state index >= 15 is 0 Å². The lowest BCUT2D eigenvalue weighted by Gasteiger charge is -2.44. The highest BCUT2D eigenvalue weighted by Crippen LogP contribution is 2.29. The fourth-order valence-electron chi connectivity index (χ4n) is 3.12. The highest BCUT2D eigenvalue weighted by molar-refractivity contribution is 7.99. The number of nitrogens with one attached hydrogen (secondary N) is 1. The molecular formula is C12H21ClN2O2S. The van der Waals surface area contributed by atoms with Crippen molar-refractivity contribution in [3.63, 3.8) is 0 Å². The van der Waals surface area contributed by atoms with Crippen LogP contribution in [0.25, 0.3) is 0 Å². The monoisotopic (exact) mass is 292 g/mol. The van der Waals surface area contributed by atoms with Crippen LogP contribution in [0.5, 0.6) is 0 Å². The van der Waals surface area contributed by atoms with Crippen LogP contribution in [0.1, 0.15) is 25.7 Å². The minimum Gasteiger partial charge on any atom is -0.374 e. The van der Waals surface area contributed by atoms with Gasteiger partial charge in [-0.25, -0.2) is 0 Å². The zero-order valence-electron chi connectivity index (χ0n) is 10.5. The molecule has 0 aromatic carbocycles. The van der Waals surface area contributed by atoms with E-state index in [1.54, 1.807) is 0 Å². The Morgan fingerprint density at radius 3 is 2.94 bits per heavy atom. The van der Waals surface area contributed by atoms with Crippen molar-refractivity contribution in [3.05, 3.63) is 0 Å². The van der Waals surface area contributed by atoms with Crippen LogP contribution in [-0.4, -0.2) is 53.8 Å². The summed E-state index contributed by atoms with van der Waals surface area (Å²) in [5.74, 6) is 2.14. The Labute approximate surface area is 119 Å². The van der Waals surface area contributed by atoms with E-state index in [1.165, 1.54) is 12.8 Å². The fraction of sp³-hybridized carbons (Fsp3) is 0.917. The van der Waals surface area contributed by atoms with Gasteiger partial charge < -0.3 is 9.64 Å². The third-order valence-corrected chi connectivity index (χ3v) is 4.97. The third-order valence-electron chi connectivity index (χ3n) is 4.03. The molecule has 3 unspecified atom stereocenters. The van der Waals surface area contributed by atoms with Gasteiger partial charge in [0.1, 0.15) is 0 Å². The lowest BCUT2D eigenvalue weighted by molar-refractivity contribution is -0.150. The molecule has 2 heterocycles. The Balaban J connectivity index is 0.00000120. The average molecular weight is 293 g/mol. The van der Waals surface area contributed by atoms with Crippen molar-refractivity contribution < 1.29 is 9.53 Å². The van der Waals surface area contributed by atoms with Gasteiger partial charge in [-0.3, -0.25) is 10.1 Å². The van der Waals surface area contributed by atoms with Gasteiger partial charge in [-0.2, -0.15) is 0 Å². The minimum absolute atomic E-state index is 0. The molecule has 2 saturated heterocycles. The molecule has 3 rings (SSSR count). The second-order valence-electron chi connectivity index (χ2n) is 5.06. The lowest BCUT2D eigenvalue weighted by atomic mass is 9.90. The molecular weight excluding hydrogens is 272 g/mol. The molecule has 0 radical (unpaired) electrons. The van der Waals surface area contributed by atoms with Crippen molar-refractivity contribution in [1.29, 1.82) is 0 Å². The van der Waals surface area contributed by atoms with Crippen LogP contribution in [0, 0.1) is 0 Å². The summed E-state index contributed by atoms with van der Waals surface area (Å²) in [5.41, 5.74) is 0. The first kappa shape index (κ1) is 14.4. The summed E-state index contributed by atoms with van der Waals surface area (Å²) in [4.78, 5) is 14.5. The van der Waals surface area contributed by atoms with E-state index in [-0.39, 0.29) is 18.4 Å². The Hall–Kier alpha value is 0.0300. The number of thioether (sulfide) groups is 1. The summed E-state index contributed by atoms with van der Waals surface area (Å²) >= 11 is 1.81. The van der Waals surface area contributed by atoms with Crippen molar-refractivity contribution in [2.45, 2.75) is 43.9 Å². The number of carbonyl (C=O) groups excluding carboxylic acids is 1. The van der Waals surface area contributed by atoms with E-state index < -0.39 is 0 Å². The van der Waals surface area contributed by atoms with Gasteiger partial charge in [0, 0.05) is 18.2 Å². The molecule has 2 aliphatic heterocycles. The summed E-state index contributed by atoms with van der Waals surface area (Å²) in [6.07, 6.45) is 5.04. The van der Waals surface area contributed by atoms with Gasteiger partial charge in [0.2, 0.25) is 5.91 Å².